The quantitative estimate of drug-likeness (QED) is 0.671. The number of sulfonamides is 1. The van der Waals surface area contributed by atoms with E-state index >= 15 is 0 Å². The van der Waals surface area contributed by atoms with Crippen LogP contribution in [0.2, 0.25) is 5.02 Å². The highest BCUT2D eigenvalue weighted by Gasteiger charge is 2.27. The average Bonchev–Trinajstić information content (AvgIpc) is 3.16. The molecular weight excluding hydrogens is 432 g/mol. The van der Waals surface area contributed by atoms with E-state index in [9.17, 15) is 18.0 Å². The summed E-state index contributed by atoms with van der Waals surface area (Å²) in [4.78, 5) is 24.6. The van der Waals surface area contributed by atoms with Crippen LogP contribution in [-0.2, 0) is 26.6 Å². The van der Waals surface area contributed by atoms with Crippen molar-refractivity contribution in [2.75, 3.05) is 18.4 Å². The largest absolute Gasteiger partial charge is 0.449 e. The van der Waals surface area contributed by atoms with E-state index in [0.29, 0.717) is 13.1 Å². The number of rotatable bonds is 6. The molecule has 0 saturated carbocycles. The Balaban J connectivity index is 1.71. The number of hydrogen-bond donors (Lipinski definition) is 1. The van der Waals surface area contributed by atoms with E-state index in [1.807, 2.05) is 0 Å². The summed E-state index contributed by atoms with van der Waals surface area (Å²) in [6, 6.07) is 4.15. The molecule has 2 aromatic rings. The maximum Gasteiger partial charge on any atom is 0.342 e. The molecule has 1 aliphatic rings. The molecule has 1 saturated heterocycles. The van der Waals surface area contributed by atoms with E-state index in [4.69, 9.17) is 16.3 Å². The molecule has 1 unspecified atom stereocenters. The molecule has 2 heterocycles. The molecule has 1 aromatic carbocycles. The Hall–Kier alpha value is -2.43. The molecule has 9 nitrogen and oxygen atoms in total. The third kappa shape index (κ3) is 5.00. The van der Waals surface area contributed by atoms with Crippen LogP contribution in [0.4, 0.5) is 5.69 Å². The second-order valence-electron chi connectivity index (χ2n) is 7.05. The lowest BCUT2D eigenvalue weighted by Crippen LogP contribution is -2.35. The Bertz CT molecular complexity index is 1050. The lowest BCUT2D eigenvalue weighted by atomic mass is 10.2. The Morgan fingerprint density at radius 2 is 1.93 bits per heavy atom. The molecule has 30 heavy (non-hydrogen) atoms. The highest BCUT2D eigenvalue weighted by molar-refractivity contribution is 7.89. The summed E-state index contributed by atoms with van der Waals surface area (Å²) in [5.41, 5.74) is 0.342. The monoisotopic (exact) mass is 454 g/mol. The second-order valence-corrected chi connectivity index (χ2v) is 9.39. The number of halogens is 1. The smallest absolute Gasteiger partial charge is 0.342 e. The molecule has 1 atom stereocenters. The molecule has 11 heteroatoms. The van der Waals surface area contributed by atoms with Crippen LogP contribution in [0.5, 0.6) is 0 Å². The van der Waals surface area contributed by atoms with Crippen LogP contribution >= 0.6 is 11.6 Å². The summed E-state index contributed by atoms with van der Waals surface area (Å²) < 4.78 is 33.8. The molecule has 1 aromatic heterocycles. The topological polar surface area (TPSA) is 111 Å². The van der Waals surface area contributed by atoms with Gasteiger partial charge in [-0.3, -0.25) is 9.48 Å². The third-order valence-corrected chi connectivity index (χ3v) is 6.97. The molecule has 162 valence electrons. The van der Waals surface area contributed by atoms with Gasteiger partial charge in [0, 0.05) is 26.3 Å². The van der Waals surface area contributed by atoms with Gasteiger partial charge in [-0.1, -0.05) is 18.0 Å². The first-order valence-electron chi connectivity index (χ1n) is 9.48. The number of hydrogen-bond acceptors (Lipinski definition) is 6. The van der Waals surface area contributed by atoms with E-state index in [1.165, 1.54) is 46.5 Å². The van der Waals surface area contributed by atoms with Crippen LogP contribution in [0.3, 0.4) is 0 Å². The van der Waals surface area contributed by atoms with E-state index in [1.54, 1.807) is 7.05 Å². The number of amides is 1. The van der Waals surface area contributed by atoms with Crippen molar-refractivity contribution in [1.82, 2.24) is 14.1 Å². The molecule has 1 amide bonds. The van der Waals surface area contributed by atoms with Gasteiger partial charge in [0.1, 0.15) is 0 Å². The van der Waals surface area contributed by atoms with Gasteiger partial charge in [-0.05, 0) is 38.0 Å². The van der Waals surface area contributed by atoms with Crippen molar-refractivity contribution < 1.29 is 22.7 Å². The Morgan fingerprint density at radius 1 is 1.23 bits per heavy atom. The summed E-state index contributed by atoms with van der Waals surface area (Å²) in [7, 11) is -2.03. The fourth-order valence-electron chi connectivity index (χ4n) is 3.06. The molecule has 0 spiro atoms. The zero-order valence-electron chi connectivity index (χ0n) is 16.7. The van der Waals surface area contributed by atoms with Crippen LogP contribution in [0.1, 0.15) is 36.5 Å². The molecule has 0 aliphatic carbocycles. The molecule has 1 aliphatic heterocycles. The lowest BCUT2D eigenvalue weighted by molar-refractivity contribution is -0.123. The van der Waals surface area contributed by atoms with Crippen molar-refractivity contribution >= 4 is 39.2 Å². The molecule has 1 N–H and O–H groups in total. The number of nitrogens with zero attached hydrogens (tertiary/aromatic N) is 3. The van der Waals surface area contributed by atoms with Gasteiger partial charge in [0.15, 0.2) is 6.10 Å². The zero-order valence-corrected chi connectivity index (χ0v) is 18.2. The van der Waals surface area contributed by atoms with Gasteiger partial charge in [0.05, 0.1) is 27.4 Å². The first kappa shape index (κ1) is 22.3. The SMILES string of the molecule is CC(OC(=O)c1cnn(C)c1)C(=O)Nc1cc(S(=O)(=O)N2CCCCC2)ccc1Cl. The predicted molar refractivity (Wildman–Crippen MR) is 111 cm³/mol. The van der Waals surface area contributed by atoms with Crippen molar-refractivity contribution in [2.24, 2.45) is 7.05 Å². The van der Waals surface area contributed by atoms with Crippen LogP contribution in [0.25, 0.3) is 0 Å². The first-order chi connectivity index (χ1) is 14.2. The number of aryl methyl sites for hydroxylation is 1. The minimum Gasteiger partial charge on any atom is -0.449 e. The van der Waals surface area contributed by atoms with Gasteiger partial charge in [-0.2, -0.15) is 9.40 Å². The maximum atomic E-state index is 12.9. The van der Waals surface area contributed by atoms with Crippen LogP contribution in [-0.4, -0.2) is 53.6 Å². The van der Waals surface area contributed by atoms with Crippen molar-refractivity contribution in [1.29, 1.82) is 0 Å². The fourth-order valence-corrected chi connectivity index (χ4v) is 4.77. The third-order valence-electron chi connectivity index (χ3n) is 4.74. The summed E-state index contributed by atoms with van der Waals surface area (Å²) in [5.74, 6) is -1.33. The fraction of sp³-hybridized carbons (Fsp3) is 0.421. The summed E-state index contributed by atoms with van der Waals surface area (Å²) in [6.45, 7) is 2.34. The number of ether oxygens (including phenoxy) is 1. The van der Waals surface area contributed by atoms with Crippen LogP contribution in [0, 0.1) is 0 Å². The molecule has 0 radical (unpaired) electrons. The number of piperidine rings is 1. The number of carbonyl (C=O) groups excluding carboxylic acids is 2. The lowest BCUT2D eigenvalue weighted by Gasteiger charge is -2.26. The summed E-state index contributed by atoms with van der Waals surface area (Å²) in [5, 5.41) is 6.59. The van der Waals surface area contributed by atoms with Gasteiger partial charge >= 0.3 is 5.97 Å². The van der Waals surface area contributed by atoms with Gasteiger partial charge in [-0.15, -0.1) is 0 Å². The number of carbonyl (C=O) groups is 2. The molecule has 0 bridgehead atoms. The zero-order chi connectivity index (χ0) is 21.9. The van der Waals surface area contributed by atoms with Crippen molar-refractivity contribution in [3.63, 3.8) is 0 Å². The first-order valence-corrected chi connectivity index (χ1v) is 11.3. The van der Waals surface area contributed by atoms with Gasteiger partial charge < -0.3 is 10.1 Å². The second kappa shape index (κ2) is 9.15. The van der Waals surface area contributed by atoms with Gasteiger partial charge in [0.25, 0.3) is 5.91 Å². The molecule has 1 fully saturated rings. The van der Waals surface area contributed by atoms with Gasteiger partial charge in [-0.25, -0.2) is 13.2 Å². The van der Waals surface area contributed by atoms with Gasteiger partial charge in [0.2, 0.25) is 10.0 Å². The van der Waals surface area contributed by atoms with Crippen molar-refractivity contribution in [3.8, 4) is 0 Å². The van der Waals surface area contributed by atoms with E-state index in [0.717, 1.165) is 19.3 Å². The normalized spacial score (nSPS) is 16.1. The Labute approximate surface area is 180 Å². The standard InChI is InChI=1S/C19H23ClN4O5S/c1-13(29-19(26)14-11-21-23(2)12-14)18(25)22-17-10-15(6-7-16(17)20)30(27,28)24-8-4-3-5-9-24/h6-7,10-13H,3-5,8-9H2,1-2H3,(H,22,25). The van der Waals surface area contributed by atoms with Crippen LogP contribution < -0.4 is 5.32 Å². The maximum absolute atomic E-state index is 12.9. The number of nitrogens with one attached hydrogen (secondary N) is 1. The van der Waals surface area contributed by atoms with E-state index in [-0.39, 0.29) is 21.2 Å². The minimum atomic E-state index is -3.68. The van der Waals surface area contributed by atoms with Crippen molar-refractivity contribution in [2.45, 2.75) is 37.2 Å². The highest BCUT2D eigenvalue weighted by Crippen LogP contribution is 2.28. The number of benzene rings is 1. The number of esters is 1. The predicted octanol–water partition coefficient (Wildman–Crippen LogP) is 2.43. The minimum absolute atomic E-state index is 0.0455. The number of aromatic nitrogens is 2. The van der Waals surface area contributed by atoms with E-state index < -0.39 is 28.0 Å². The van der Waals surface area contributed by atoms with Crippen molar-refractivity contribution in [3.05, 3.63) is 41.2 Å². The molecular formula is C19H23ClN4O5S. The van der Waals surface area contributed by atoms with E-state index in [2.05, 4.69) is 10.4 Å². The summed E-state index contributed by atoms with van der Waals surface area (Å²) in [6.07, 6.45) is 4.31. The Kier molecular flexibility index (Phi) is 6.79. The molecule has 3 rings (SSSR count). The summed E-state index contributed by atoms with van der Waals surface area (Å²) >= 11 is 6.14. The average molecular weight is 455 g/mol. The van der Waals surface area contributed by atoms with Crippen LogP contribution in [0.15, 0.2) is 35.5 Å². The highest BCUT2D eigenvalue weighted by atomic mass is 35.5. The number of anilines is 1. The Morgan fingerprint density at radius 3 is 2.57 bits per heavy atom.